The van der Waals surface area contributed by atoms with Crippen molar-refractivity contribution < 1.29 is 110 Å². The minimum absolute atomic E-state index is 0.0158. The Bertz CT molecular complexity index is 3790. The first-order valence-corrected chi connectivity index (χ1v) is 39.8. The molecule has 9 rings (SSSR count). The van der Waals surface area contributed by atoms with Gasteiger partial charge in [0.25, 0.3) is 11.8 Å². The van der Waals surface area contributed by atoms with E-state index in [2.05, 4.69) is 26.3 Å². The van der Waals surface area contributed by atoms with Gasteiger partial charge in [-0.05, 0) is 88.1 Å². The third-order valence-corrected chi connectivity index (χ3v) is 20.3. The highest BCUT2D eigenvalue weighted by Crippen LogP contribution is 2.43. The Morgan fingerprint density at radius 2 is 1.11 bits per heavy atom. The largest absolute Gasteiger partial charge is 0.493 e. The summed E-state index contributed by atoms with van der Waals surface area (Å²) >= 11 is 0. The van der Waals surface area contributed by atoms with E-state index in [1.54, 1.807) is 67.6 Å². The molecule has 6 atom stereocenters. The molecule has 0 aromatic heterocycles. The summed E-state index contributed by atoms with van der Waals surface area (Å²) in [6.45, 7) is 14.8. The van der Waals surface area contributed by atoms with Gasteiger partial charge in [-0.2, -0.15) is 0 Å². The zero-order valence-electron chi connectivity index (χ0n) is 66.9. The Morgan fingerprint density at radius 1 is 0.570 bits per heavy atom. The summed E-state index contributed by atoms with van der Waals surface area (Å²) in [5.74, 6) is -1.84. The topological polar surface area (TPSA) is 367 Å². The predicted molar refractivity (Wildman–Crippen MR) is 419 cm³/mol. The highest BCUT2D eigenvalue weighted by molar-refractivity contribution is 6.07. The molecule has 1 saturated carbocycles. The first-order chi connectivity index (χ1) is 55.2. The molecule has 3 aromatic carbocycles. The molecule has 0 spiro atoms. The van der Waals surface area contributed by atoms with Crippen LogP contribution >= 0.6 is 0 Å². The predicted octanol–water partition coefficient (Wildman–Crippen LogP) is 7.72. The number of benzene rings is 3. The number of carbonyl (C=O) groups is 9. The lowest BCUT2D eigenvalue weighted by molar-refractivity contribution is -0.140. The van der Waals surface area contributed by atoms with Gasteiger partial charge in [0, 0.05) is 75.2 Å². The van der Waals surface area contributed by atoms with Crippen LogP contribution in [0.2, 0.25) is 0 Å². The number of nitrogens with one attached hydrogen (secondary N) is 4. The number of aliphatic hydroxyl groups is 1. The molecule has 3 aromatic rings. The Morgan fingerprint density at radius 3 is 1.69 bits per heavy atom. The average molecular weight is 1590 g/mol. The molecule has 0 bridgehead atoms. The third-order valence-electron chi connectivity index (χ3n) is 20.3. The van der Waals surface area contributed by atoms with Crippen LogP contribution in [0.15, 0.2) is 77.1 Å². The molecule has 5 aliphatic heterocycles. The van der Waals surface area contributed by atoms with Crippen LogP contribution in [0.5, 0.6) is 23.0 Å². The van der Waals surface area contributed by atoms with Gasteiger partial charge in [-0.25, -0.2) is 9.69 Å². The van der Waals surface area contributed by atoms with Gasteiger partial charge < -0.3 is 97.8 Å². The normalized spacial score (nSPS) is 18.8. The van der Waals surface area contributed by atoms with Crippen LogP contribution in [0, 0.1) is 17.8 Å². The Kier molecular flexibility index (Phi) is 36.2. The van der Waals surface area contributed by atoms with Gasteiger partial charge in [-0.3, -0.25) is 48.2 Å². The zero-order valence-corrected chi connectivity index (χ0v) is 66.9. The van der Waals surface area contributed by atoms with E-state index in [-0.39, 0.29) is 142 Å². The van der Waals surface area contributed by atoms with E-state index >= 15 is 0 Å². The first kappa shape index (κ1) is 88.8. The number of hydrogen-bond donors (Lipinski definition) is 5. The molecule has 5 heterocycles. The molecule has 1 aliphatic carbocycles. The summed E-state index contributed by atoms with van der Waals surface area (Å²) in [6.07, 6.45) is 13.5. The quantitative estimate of drug-likeness (QED) is 0.0267. The smallest absolute Gasteiger partial charge is 0.416 e. The zero-order chi connectivity index (χ0) is 81.3. The van der Waals surface area contributed by atoms with Crippen molar-refractivity contribution in [1.29, 1.82) is 0 Å². The van der Waals surface area contributed by atoms with Gasteiger partial charge in [0.1, 0.15) is 18.7 Å². The second-order valence-corrected chi connectivity index (χ2v) is 29.2. The van der Waals surface area contributed by atoms with E-state index in [1.165, 1.54) is 68.8 Å². The fraction of sp³-hybridized carbons (Fsp3) is 0.610. The van der Waals surface area contributed by atoms with Gasteiger partial charge in [0.2, 0.25) is 35.4 Å². The minimum atomic E-state index is -1.55. The lowest BCUT2D eigenvalue weighted by Crippen LogP contribution is -2.53. The number of amides is 9. The standard InChI is InChI=1S/C82H115N9O23/c1-54(2)75(87-73(93)22-27-104-29-31-106-33-35-108-37-39-110-41-42-111-40-38-109-36-34-107-32-30-105-28-23-83-72(92)21-24-88-74(94)47-62(78(88)97)59-15-12-10-8-9-11-13-16-59)77(96)85-57(5)76(95)86-60-19-17-58(18-20-60)53-114-82(101)91-66-49-71(69(103-7)46-64(66)80(99)90-52-56(4)44-67(90)81(91)100)113-26-14-25-112-70-48-65-63(45-68(70)102-6)79(98)89-51-55(3)43-61(89)50-84-65/h17-20,45-46,48-52,54,57,59,61-62,67,75,81,100H,8-16,21-44,47,53H2,1-7H3,(H,83,92)(H,85,96)(H,86,95)(H,87,93)/t57-,61-,62?,67-,75-,81-/m0/s1. The highest BCUT2D eigenvalue weighted by Gasteiger charge is 2.46. The van der Waals surface area contributed by atoms with E-state index < -0.39 is 54.1 Å². The molecule has 32 nitrogen and oxygen atoms in total. The van der Waals surface area contributed by atoms with Gasteiger partial charge >= 0.3 is 6.09 Å². The number of hydrogen-bond acceptors (Lipinski definition) is 24. The number of nitrogens with zero attached hydrogens (tertiary/aromatic N) is 5. The average Bonchev–Trinajstić information content (AvgIpc) is 1.59. The Labute approximate surface area is 666 Å². The van der Waals surface area contributed by atoms with Crippen LogP contribution in [0.1, 0.15) is 151 Å². The van der Waals surface area contributed by atoms with Crippen LogP contribution in [0.25, 0.3) is 0 Å². The van der Waals surface area contributed by atoms with Crippen molar-refractivity contribution in [2.75, 3.05) is 156 Å². The van der Waals surface area contributed by atoms with Crippen LogP contribution < -0.4 is 45.1 Å². The van der Waals surface area contributed by atoms with Crippen molar-refractivity contribution in [3.63, 3.8) is 0 Å². The summed E-state index contributed by atoms with van der Waals surface area (Å²) in [6, 6.07) is 9.70. The van der Waals surface area contributed by atoms with E-state index in [1.807, 2.05) is 20.0 Å². The maximum absolute atomic E-state index is 14.3. The van der Waals surface area contributed by atoms with Crippen molar-refractivity contribution >= 4 is 76.6 Å². The van der Waals surface area contributed by atoms with Crippen molar-refractivity contribution in [3.05, 3.63) is 88.8 Å². The molecule has 5 N–H and O–H groups in total. The van der Waals surface area contributed by atoms with Gasteiger partial charge in [-0.15, -0.1) is 0 Å². The number of aliphatic imine (C=N–C) groups is 1. The SMILES string of the molecule is COc1cc2c(cc1OCCCOc1cc3c(cc1OC)C(=O)N1C=C(C)C[C@H]1[C@H](O)N3C(=O)OCc1ccc(NC(=O)[C@H](C)NC(=O)[C@@H](NC(=O)CCOCCOCCOCCOCCOCCOCCOCCOCCNC(=O)CCN3C(=O)CC(C4CCCCCCCC4)C3=O)C(C)C)cc1)N=C[C@@H]1CC(C)=CN1C2=O. The second kappa shape index (κ2) is 46.4. The molecule has 114 heavy (non-hydrogen) atoms. The summed E-state index contributed by atoms with van der Waals surface area (Å²) < 4.78 is 73.9. The van der Waals surface area contributed by atoms with Crippen molar-refractivity contribution in [3.8, 4) is 23.0 Å². The molecule has 1 unspecified atom stereocenters. The third kappa shape index (κ3) is 26.5. The number of fused-ring (bicyclic) bond motifs is 4. The monoisotopic (exact) mass is 1590 g/mol. The van der Waals surface area contributed by atoms with E-state index in [4.69, 9.17) is 61.6 Å². The van der Waals surface area contributed by atoms with Crippen LogP contribution in [-0.4, -0.2) is 256 Å². The summed E-state index contributed by atoms with van der Waals surface area (Å²) in [5.41, 5.74) is 3.73. The van der Waals surface area contributed by atoms with Gasteiger partial charge in [-0.1, -0.05) is 75.7 Å². The number of likely N-dealkylation sites (tertiary alicyclic amines) is 1. The lowest BCUT2D eigenvalue weighted by atomic mass is 9.83. The number of carbonyl (C=O) groups excluding carboxylic acids is 9. The molecular formula is C82H115N9O23. The molecule has 9 amide bonds. The molecule has 0 radical (unpaired) electrons. The molecule has 2 fully saturated rings. The minimum Gasteiger partial charge on any atom is -0.493 e. The molecule has 32 heteroatoms. The molecular weight excluding hydrogens is 1480 g/mol. The number of imide groups is 1. The maximum Gasteiger partial charge on any atom is 0.416 e. The second-order valence-electron chi connectivity index (χ2n) is 29.2. The number of methoxy groups -OCH3 is 2. The highest BCUT2D eigenvalue weighted by atomic mass is 16.6. The summed E-state index contributed by atoms with van der Waals surface area (Å²) in [7, 11) is 2.91. The van der Waals surface area contributed by atoms with E-state index in [9.17, 15) is 48.3 Å². The summed E-state index contributed by atoms with van der Waals surface area (Å²) in [5, 5.41) is 23.0. The van der Waals surface area contributed by atoms with Gasteiger partial charge in [0.05, 0.1) is 174 Å². The summed E-state index contributed by atoms with van der Waals surface area (Å²) in [4.78, 5) is 130. The van der Waals surface area contributed by atoms with Crippen molar-refractivity contribution in [2.24, 2.45) is 22.7 Å². The molecule has 6 aliphatic rings. The van der Waals surface area contributed by atoms with Crippen LogP contribution in [0.4, 0.5) is 21.9 Å². The van der Waals surface area contributed by atoms with E-state index in [0.29, 0.717) is 139 Å². The van der Waals surface area contributed by atoms with Crippen molar-refractivity contribution in [1.82, 2.24) is 30.7 Å². The van der Waals surface area contributed by atoms with Gasteiger partial charge in [0.15, 0.2) is 29.2 Å². The number of aliphatic hydroxyl groups excluding tert-OH is 1. The number of ether oxygens (including phenoxy) is 13. The van der Waals surface area contributed by atoms with Crippen LogP contribution in [-0.2, 0) is 78.0 Å². The molecule has 626 valence electrons. The van der Waals surface area contributed by atoms with E-state index in [0.717, 1.165) is 41.7 Å². The maximum atomic E-state index is 14.3. The number of anilines is 2. The fourth-order valence-corrected chi connectivity index (χ4v) is 14.1. The molecule has 1 saturated heterocycles. The fourth-order valence-electron chi connectivity index (χ4n) is 14.1. The van der Waals surface area contributed by atoms with Crippen molar-refractivity contribution in [2.45, 2.75) is 162 Å². The first-order valence-electron chi connectivity index (χ1n) is 39.8. The lowest BCUT2D eigenvalue weighted by Gasteiger charge is -2.31. The van der Waals surface area contributed by atoms with Crippen LogP contribution in [0.3, 0.4) is 0 Å². The Balaban J connectivity index is 0.571. The Hall–Kier alpha value is -9.12. The number of rotatable bonds is 47.